The van der Waals surface area contributed by atoms with Crippen LogP contribution < -0.4 is 4.74 Å². The van der Waals surface area contributed by atoms with Crippen molar-refractivity contribution in [3.63, 3.8) is 0 Å². The second kappa shape index (κ2) is 6.00. The van der Waals surface area contributed by atoms with Crippen molar-refractivity contribution in [1.29, 1.82) is 0 Å². The van der Waals surface area contributed by atoms with Gasteiger partial charge in [-0.1, -0.05) is 0 Å². The molecule has 0 saturated carbocycles. The molecular formula is C16H19N5O2. The standard InChI is InChI=1S/C16H19N5O2/c1-11-3-2-7-22-8-6-21-17-10-15(20-21)16-13-9-12(23-11)4-5-14(13)18-19-16/h4-5,9-11H,2-3,6-8H2,1H3,(H,18,19)/t11-/m0/s1. The lowest BCUT2D eigenvalue weighted by atomic mass is 10.1. The van der Waals surface area contributed by atoms with Crippen molar-refractivity contribution in [2.75, 3.05) is 13.2 Å². The maximum Gasteiger partial charge on any atom is 0.133 e. The number of hydrogen-bond acceptors (Lipinski definition) is 5. The summed E-state index contributed by atoms with van der Waals surface area (Å²) < 4.78 is 11.7. The van der Waals surface area contributed by atoms with Crippen molar-refractivity contribution in [3.8, 4) is 17.1 Å². The molecule has 7 heteroatoms. The summed E-state index contributed by atoms with van der Waals surface area (Å²) in [5.41, 5.74) is 2.50. The van der Waals surface area contributed by atoms with Crippen LogP contribution in [0.2, 0.25) is 0 Å². The van der Waals surface area contributed by atoms with E-state index in [4.69, 9.17) is 9.47 Å². The zero-order chi connectivity index (χ0) is 15.6. The first kappa shape index (κ1) is 14.2. The summed E-state index contributed by atoms with van der Waals surface area (Å²) in [5, 5.41) is 17.2. The normalized spacial score (nSPS) is 19.3. The van der Waals surface area contributed by atoms with Crippen LogP contribution in [-0.4, -0.2) is 44.5 Å². The van der Waals surface area contributed by atoms with Gasteiger partial charge in [0, 0.05) is 12.0 Å². The number of fused-ring (bicyclic) bond motifs is 4. The van der Waals surface area contributed by atoms with Crippen molar-refractivity contribution in [2.24, 2.45) is 0 Å². The third kappa shape index (κ3) is 2.92. The fourth-order valence-electron chi connectivity index (χ4n) is 2.79. The van der Waals surface area contributed by atoms with Gasteiger partial charge in [-0.2, -0.15) is 20.1 Å². The van der Waals surface area contributed by atoms with E-state index in [1.807, 2.05) is 18.2 Å². The molecule has 1 aliphatic heterocycles. The highest BCUT2D eigenvalue weighted by molar-refractivity contribution is 5.92. The average Bonchev–Trinajstić information content (AvgIpc) is 3.16. The molecule has 0 fully saturated rings. The Balaban J connectivity index is 1.76. The van der Waals surface area contributed by atoms with Crippen LogP contribution in [0.5, 0.6) is 5.75 Å². The largest absolute Gasteiger partial charge is 0.491 e. The van der Waals surface area contributed by atoms with Crippen molar-refractivity contribution in [2.45, 2.75) is 32.4 Å². The molecule has 2 aromatic heterocycles. The van der Waals surface area contributed by atoms with Gasteiger partial charge in [-0.05, 0) is 38.0 Å². The first-order chi connectivity index (χ1) is 11.3. The molecule has 4 rings (SSSR count). The molecule has 0 aliphatic carbocycles. The van der Waals surface area contributed by atoms with Gasteiger partial charge in [0.05, 0.1) is 31.0 Å². The number of H-pyrrole nitrogens is 1. The topological polar surface area (TPSA) is 77.9 Å². The molecule has 120 valence electrons. The number of rotatable bonds is 0. The number of nitrogens with one attached hydrogen (secondary N) is 1. The molecule has 1 aromatic carbocycles. The number of ether oxygens (including phenoxy) is 2. The van der Waals surface area contributed by atoms with Crippen LogP contribution in [0.15, 0.2) is 24.4 Å². The van der Waals surface area contributed by atoms with Crippen molar-refractivity contribution < 1.29 is 9.47 Å². The molecule has 4 bridgehead atoms. The van der Waals surface area contributed by atoms with Crippen LogP contribution >= 0.6 is 0 Å². The Bertz CT molecular complexity index is 810. The molecule has 0 unspecified atom stereocenters. The monoisotopic (exact) mass is 313 g/mol. The van der Waals surface area contributed by atoms with Gasteiger partial charge >= 0.3 is 0 Å². The molecule has 1 aliphatic rings. The molecule has 3 aromatic rings. The summed E-state index contributed by atoms with van der Waals surface area (Å²) >= 11 is 0. The van der Waals surface area contributed by atoms with Crippen molar-refractivity contribution in [1.82, 2.24) is 25.2 Å². The van der Waals surface area contributed by atoms with Crippen molar-refractivity contribution >= 4 is 10.9 Å². The zero-order valence-electron chi connectivity index (χ0n) is 13.0. The van der Waals surface area contributed by atoms with Gasteiger partial charge in [0.15, 0.2) is 0 Å². The number of hydrogen-bond donors (Lipinski definition) is 1. The van der Waals surface area contributed by atoms with E-state index in [1.54, 1.807) is 11.0 Å². The fourth-order valence-corrected chi connectivity index (χ4v) is 2.79. The summed E-state index contributed by atoms with van der Waals surface area (Å²) in [6.45, 7) is 4.05. The Kier molecular flexibility index (Phi) is 3.70. The molecule has 0 amide bonds. The number of aromatic amines is 1. The van der Waals surface area contributed by atoms with Gasteiger partial charge in [0.2, 0.25) is 0 Å². The predicted molar refractivity (Wildman–Crippen MR) is 85.3 cm³/mol. The Morgan fingerprint density at radius 2 is 2.26 bits per heavy atom. The lowest BCUT2D eigenvalue weighted by Gasteiger charge is -2.14. The van der Waals surface area contributed by atoms with Crippen LogP contribution in [0.4, 0.5) is 0 Å². The third-order valence-electron chi connectivity index (χ3n) is 3.99. The van der Waals surface area contributed by atoms with Crippen molar-refractivity contribution in [3.05, 3.63) is 24.4 Å². The van der Waals surface area contributed by atoms with Gasteiger partial charge in [0.1, 0.15) is 17.1 Å². The zero-order valence-corrected chi connectivity index (χ0v) is 13.0. The Hall–Kier alpha value is -2.41. The molecule has 0 radical (unpaired) electrons. The van der Waals surface area contributed by atoms with Gasteiger partial charge in [-0.15, -0.1) is 0 Å². The van der Waals surface area contributed by atoms with E-state index in [9.17, 15) is 0 Å². The van der Waals surface area contributed by atoms with Gasteiger partial charge < -0.3 is 9.47 Å². The van der Waals surface area contributed by atoms with E-state index in [0.717, 1.165) is 47.5 Å². The van der Waals surface area contributed by atoms with Gasteiger partial charge in [-0.25, -0.2) is 0 Å². The highest BCUT2D eigenvalue weighted by Gasteiger charge is 2.14. The number of nitrogens with zero attached hydrogens (tertiary/aromatic N) is 4. The minimum Gasteiger partial charge on any atom is -0.491 e. The van der Waals surface area contributed by atoms with E-state index in [1.165, 1.54) is 0 Å². The summed E-state index contributed by atoms with van der Waals surface area (Å²) in [6.07, 6.45) is 3.81. The molecule has 1 N–H and O–H groups in total. The van der Waals surface area contributed by atoms with E-state index in [0.29, 0.717) is 13.2 Å². The maximum atomic E-state index is 6.02. The highest BCUT2D eigenvalue weighted by Crippen LogP contribution is 2.28. The van der Waals surface area contributed by atoms with Crippen LogP contribution in [0.1, 0.15) is 19.8 Å². The second-order valence-corrected chi connectivity index (χ2v) is 5.79. The first-order valence-electron chi connectivity index (χ1n) is 7.92. The predicted octanol–water partition coefficient (Wildman–Crippen LogP) is 2.40. The van der Waals surface area contributed by atoms with Crippen LogP contribution in [0.3, 0.4) is 0 Å². The lowest BCUT2D eigenvalue weighted by Crippen LogP contribution is -2.14. The summed E-state index contributed by atoms with van der Waals surface area (Å²) in [4.78, 5) is 1.65. The summed E-state index contributed by atoms with van der Waals surface area (Å²) in [5.74, 6) is 0.843. The first-order valence-corrected chi connectivity index (χ1v) is 7.92. The minimum atomic E-state index is 0.149. The lowest BCUT2D eigenvalue weighted by molar-refractivity contribution is 0.106. The maximum absolute atomic E-state index is 6.02. The Morgan fingerprint density at radius 1 is 1.30 bits per heavy atom. The molecule has 3 heterocycles. The smallest absolute Gasteiger partial charge is 0.133 e. The van der Waals surface area contributed by atoms with Crippen LogP contribution in [0.25, 0.3) is 22.3 Å². The average molecular weight is 313 g/mol. The van der Waals surface area contributed by atoms with Gasteiger partial charge in [0.25, 0.3) is 0 Å². The minimum absolute atomic E-state index is 0.149. The number of benzene rings is 1. The van der Waals surface area contributed by atoms with Gasteiger partial charge in [-0.3, -0.25) is 5.10 Å². The third-order valence-corrected chi connectivity index (χ3v) is 3.99. The SMILES string of the molecule is C[C@H]1CCCOCCn2ncc(n2)-c2n[nH]c3ccc(cc23)O1. The Labute approximate surface area is 133 Å². The van der Waals surface area contributed by atoms with Crippen LogP contribution in [0, 0.1) is 0 Å². The van der Waals surface area contributed by atoms with E-state index in [-0.39, 0.29) is 6.10 Å². The van der Waals surface area contributed by atoms with Crippen LogP contribution in [-0.2, 0) is 11.3 Å². The second-order valence-electron chi connectivity index (χ2n) is 5.79. The number of aromatic nitrogens is 5. The highest BCUT2D eigenvalue weighted by atomic mass is 16.5. The molecule has 23 heavy (non-hydrogen) atoms. The molecular weight excluding hydrogens is 294 g/mol. The molecule has 0 saturated heterocycles. The van der Waals surface area contributed by atoms with E-state index >= 15 is 0 Å². The van der Waals surface area contributed by atoms with E-state index < -0.39 is 0 Å². The Morgan fingerprint density at radius 3 is 3.22 bits per heavy atom. The van der Waals surface area contributed by atoms with E-state index in [2.05, 4.69) is 27.3 Å². The molecule has 0 spiro atoms. The quantitative estimate of drug-likeness (QED) is 0.689. The molecule has 1 atom stereocenters. The molecule has 7 nitrogen and oxygen atoms in total. The summed E-state index contributed by atoms with van der Waals surface area (Å²) in [7, 11) is 0. The fraction of sp³-hybridized carbons (Fsp3) is 0.438. The summed E-state index contributed by atoms with van der Waals surface area (Å²) in [6, 6.07) is 5.96.